The minimum absolute atomic E-state index is 0.200. The predicted molar refractivity (Wildman–Crippen MR) is 93.4 cm³/mol. The molecule has 1 heterocycles. The Morgan fingerprint density at radius 2 is 1.96 bits per heavy atom. The van der Waals surface area contributed by atoms with Crippen molar-refractivity contribution in [2.24, 2.45) is 7.05 Å². The topological polar surface area (TPSA) is 48.3 Å². The van der Waals surface area contributed by atoms with Crippen molar-refractivity contribution in [3.05, 3.63) is 63.4 Å². The summed E-state index contributed by atoms with van der Waals surface area (Å²) in [5.74, 6) is -0.742. The van der Waals surface area contributed by atoms with Gasteiger partial charge in [-0.25, -0.2) is 4.79 Å². The fourth-order valence-electron chi connectivity index (χ4n) is 2.17. The SMILES string of the molecule is Cc1cc(C(=O)COC(=O)/C=C/c2ccccc2Br)c(C)n1C. The number of rotatable bonds is 5. The number of nitrogens with zero attached hydrogens (tertiary/aromatic N) is 1. The standard InChI is InChI=1S/C18H18BrNO3/c1-12-10-15(13(2)20(12)3)17(21)11-23-18(22)9-8-14-6-4-5-7-16(14)19/h4-10H,11H2,1-3H3/b9-8+. The molecule has 0 N–H and O–H groups in total. The third-order valence-corrected chi connectivity index (χ3v) is 4.45. The van der Waals surface area contributed by atoms with Crippen LogP contribution in [0.15, 0.2) is 40.9 Å². The van der Waals surface area contributed by atoms with Crippen LogP contribution in [-0.2, 0) is 16.6 Å². The summed E-state index contributed by atoms with van der Waals surface area (Å²) in [6, 6.07) is 9.33. The second-order valence-corrected chi connectivity index (χ2v) is 6.08. The number of carbonyl (C=O) groups is 2. The molecule has 23 heavy (non-hydrogen) atoms. The van der Waals surface area contributed by atoms with Crippen LogP contribution in [0.3, 0.4) is 0 Å². The molecule has 0 saturated heterocycles. The van der Waals surface area contributed by atoms with Crippen LogP contribution in [0.1, 0.15) is 27.3 Å². The number of hydrogen-bond acceptors (Lipinski definition) is 3. The lowest BCUT2D eigenvalue weighted by Crippen LogP contribution is -2.13. The summed E-state index contributed by atoms with van der Waals surface area (Å²) in [5, 5.41) is 0. The third-order valence-electron chi connectivity index (χ3n) is 3.73. The van der Waals surface area contributed by atoms with Gasteiger partial charge in [-0.15, -0.1) is 0 Å². The van der Waals surface area contributed by atoms with Gasteiger partial charge in [0.2, 0.25) is 5.78 Å². The van der Waals surface area contributed by atoms with E-state index < -0.39 is 5.97 Å². The van der Waals surface area contributed by atoms with Gasteiger partial charge < -0.3 is 9.30 Å². The summed E-state index contributed by atoms with van der Waals surface area (Å²) in [6.45, 7) is 3.54. The number of halogens is 1. The highest BCUT2D eigenvalue weighted by molar-refractivity contribution is 9.10. The summed E-state index contributed by atoms with van der Waals surface area (Å²) in [5.41, 5.74) is 3.32. The molecule has 1 aromatic heterocycles. The van der Waals surface area contributed by atoms with E-state index in [1.54, 1.807) is 6.08 Å². The van der Waals surface area contributed by atoms with Crippen molar-refractivity contribution >= 4 is 33.8 Å². The highest BCUT2D eigenvalue weighted by Gasteiger charge is 2.15. The van der Waals surface area contributed by atoms with Crippen LogP contribution in [0.4, 0.5) is 0 Å². The predicted octanol–water partition coefficient (Wildman–Crippen LogP) is 3.84. The van der Waals surface area contributed by atoms with Crippen LogP contribution in [0, 0.1) is 13.8 Å². The molecule has 0 saturated carbocycles. The number of ether oxygens (including phenoxy) is 1. The normalized spacial score (nSPS) is 11.0. The van der Waals surface area contributed by atoms with E-state index in [1.165, 1.54) is 6.08 Å². The summed E-state index contributed by atoms with van der Waals surface area (Å²) < 4.78 is 7.84. The number of benzene rings is 1. The molecule has 0 unspecified atom stereocenters. The van der Waals surface area contributed by atoms with Gasteiger partial charge in [-0.1, -0.05) is 34.1 Å². The Labute approximate surface area is 143 Å². The van der Waals surface area contributed by atoms with Crippen LogP contribution in [0.5, 0.6) is 0 Å². The van der Waals surface area contributed by atoms with Gasteiger partial charge in [0, 0.05) is 34.5 Å². The number of ketones is 1. The second kappa shape index (κ2) is 7.42. The summed E-state index contributed by atoms with van der Waals surface area (Å²) >= 11 is 3.40. The lowest BCUT2D eigenvalue weighted by molar-refractivity contribution is -0.136. The molecule has 2 rings (SSSR count). The van der Waals surface area contributed by atoms with Gasteiger partial charge in [0.15, 0.2) is 6.61 Å². The molecule has 5 heteroatoms. The van der Waals surface area contributed by atoms with Crippen LogP contribution in [0.25, 0.3) is 6.08 Å². The van der Waals surface area contributed by atoms with Crippen molar-refractivity contribution in [3.8, 4) is 0 Å². The largest absolute Gasteiger partial charge is 0.454 e. The molecule has 0 amide bonds. The van der Waals surface area contributed by atoms with Crippen molar-refractivity contribution < 1.29 is 14.3 Å². The first-order chi connectivity index (χ1) is 10.9. The molecule has 4 nitrogen and oxygen atoms in total. The first-order valence-corrected chi connectivity index (χ1v) is 7.95. The third kappa shape index (κ3) is 4.20. The van der Waals surface area contributed by atoms with Crippen LogP contribution < -0.4 is 0 Å². The van der Waals surface area contributed by atoms with Gasteiger partial charge in [0.1, 0.15) is 0 Å². The van der Waals surface area contributed by atoms with Gasteiger partial charge in [0.25, 0.3) is 0 Å². The molecule has 0 atom stereocenters. The van der Waals surface area contributed by atoms with Crippen LogP contribution in [0.2, 0.25) is 0 Å². The molecule has 0 aliphatic rings. The highest BCUT2D eigenvalue weighted by Crippen LogP contribution is 2.17. The van der Waals surface area contributed by atoms with Crippen molar-refractivity contribution in [1.29, 1.82) is 0 Å². The van der Waals surface area contributed by atoms with Crippen molar-refractivity contribution in [2.75, 3.05) is 6.61 Å². The molecule has 1 aromatic carbocycles. The molecule has 120 valence electrons. The lowest BCUT2D eigenvalue weighted by atomic mass is 10.1. The Morgan fingerprint density at radius 3 is 2.57 bits per heavy atom. The number of carbonyl (C=O) groups excluding carboxylic acids is 2. The van der Waals surface area contributed by atoms with E-state index in [4.69, 9.17) is 4.74 Å². The average molecular weight is 376 g/mol. The van der Waals surface area contributed by atoms with E-state index in [0.717, 1.165) is 21.4 Å². The van der Waals surface area contributed by atoms with Crippen molar-refractivity contribution in [2.45, 2.75) is 13.8 Å². The van der Waals surface area contributed by atoms with Gasteiger partial charge in [-0.3, -0.25) is 4.79 Å². The number of aromatic nitrogens is 1. The zero-order valence-corrected chi connectivity index (χ0v) is 14.9. The zero-order valence-electron chi connectivity index (χ0n) is 13.3. The smallest absolute Gasteiger partial charge is 0.331 e. The Kier molecular flexibility index (Phi) is 5.55. The number of aryl methyl sites for hydroxylation is 1. The molecule has 0 radical (unpaired) electrons. The van der Waals surface area contributed by atoms with Crippen molar-refractivity contribution in [1.82, 2.24) is 4.57 Å². The monoisotopic (exact) mass is 375 g/mol. The van der Waals surface area contributed by atoms with E-state index >= 15 is 0 Å². The minimum Gasteiger partial charge on any atom is -0.454 e. The van der Waals surface area contributed by atoms with E-state index in [2.05, 4.69) is 15.9 Å². The number of hydrogen-bond donors (Lipinski definition) is 0. The maximum absolute atomic E-state index is 12.1. The van der Waals surface area contributed by atoms with Crippen LogP contribution >= 0.6 is 15.9 Å². The lowest BCUT2D eigenvalue weighted by Gasteiger charge is -2.03. The molecule has 0 spiro atoms. The van der Waals surface area contributed by atoms with Gasteiger partial charge in [-0.05, 0) is 37.6 Å². The number of esters is 1. The number of Topliss-reactive ketones (excluding diaryl/α,β-unsaturated/α-hetero) is 1. The molecule has 0 fully saturated rings. The van der Waals surface area contributed by atoms with Gasteiger partial charge in [0.05, 0.1) is 0 Å². The second-order valence-electron chi connectivity index (χ2n) is 5.23. The average Bonchev–Trinajstić information content (AvgIpc) is 2.79. The van der Waals surface area contributed by atoms with E-state index in [-0.39, 0.29) is 12.4 Å². The quantitative estimate of drug-likeness (QED) is 0.453. The maximum atomic E-state index is 12.1. The first-order valence-electron chi connectivity index (χ1n) is 7.15. The summed E-state index contributed by atoms with van der Waals surface area (Å²) in [4.78, 5) is 23.9. The molecular formula is C18H18BrNO3. The molecule has 0 aliphatic heterocycles. The summed E-state index contributed by atoms with van der Waals surface area (Å²) in [6.07, 6.45) is 2.96. The molecule has 2 aromatic rings. The van der Waals surface area contributed by atoms with E-state index in [0.29, 0.717) is 5.56 Å². The fraction of sp³-hybridized carbons (Fsp3) is 0.222. The molecule has 0 bridgehead atoms. The first kappa shape index (κ1) is 17.2. The van der Waals surface area contributed by atoms with Gasteiger partial charge in [-0.2, -0.15) is 0 Å². The van der Waals surface area contributed by atoms with E-state index in [9.17, 15) is 9.59 Å². The maximum Gasteiger partial charge on any atom is 0.331 e. The highest BCUT2D eigenvalue weighted by atomic mass is 79.9. The molecular weight excluding hydrogens is 358 g/mol. The Hall–Kier alpha value is -2.14. The Morgan fingerprint density at radius 1 is 1.26 bits per heavy atom. The van der Waals surface area contributed by atoms with E-state index in [1.807, 2.05) is 55.8 Å². The summed E-state index contributed by atoms with van der Waals surface area (Å²) in [7, 11) is 1.90. The Bertz CT molecular complexity index is 775. The zero-order chi connectivity index (χ0) is 17.0. The Balaban J connectivity index is 1.95. The fourth-order valence-corrected chi connectivity index (χ4v) is 2.59. The minimum atomic E-state index is -0.542. The van der Waals surface area contributed by atoms with Crippen molar-refractivity contribution in [3.63, 3.8) is 0 Å². The molecule has 0 aliphatic carbocycles. The van der Waals surface area contributed by atoms with Crippen LogP contribution in [-0.4, -0.2) is 22.9 Å². The van der Waals surface area contributed by atoms with Gasteiger partial charge >= 0.3 is 5.97 Å².